The molecule has 0 unspecified atom stereocenters. The number of halogens is 2. The summed E-state index contributed by atoms with van der Waals surface area (Å²) in [5.41, 5.74) is -0.337. The molecule has 2 amide bonds. The number of nitro benzene ring substituents is 1. The largest absolute Gasteiger partial charge is 0.325 e. The van der Waals surface area contributed by atoms with Crippen LogP contribution in [0.4, 0.5) is 28.8 Å². The van der Waals surface area contributed by atoms with Crippen molar-refractivity contribution in [2.24, 2.45) is 0 Å². The number of aromatic amines is 1. The zero-order valence-electron chi connectivity index (χ0n) is 16.5. The Morgan fingerprint density at radius 2 is 1.97 bits per heavy atom. The maximum Gasteiger partial charge on any atom is 0.271 e. The number of aromatic nitrogens is 2. The number of non-ortho nitro benzene ring substituents is 1. The van der Waals surface area contributed by atoms with Crippen LogP contribution in [0.5, 0.6) is 0 Å². The first-order valence-electron chi connectivity index (χ1n) is 9.42. The van der Waals surface area contributed by atoms with E-state index in [1.165, 1.54) is 30.3 Å². The van der Waals surface area contributed by atoms with Crippen molar-refractivity contribution in [1.82, 2.24) is 9.97 Å². The number of fused-ring (bicyclic) bond motifs is 1. The summed E-state index contributed by atoms with van der Waals surface area (Å²) in [5, 5.41) is 19.5. The first-order valence-corrected chi connectivity index (χ1v) is 10.2. The highest BCUT2D eigenvalue weighted by atomic mass is 35.5. The number of hydrogen-bond acceptors (Lipinski definition) is 7. The predicted octanol–water partition coefficient (Wildman–Crippen LogP) is 3.79. The fourth-order valence-electron chi connectivity index (χ4n) is 3.30. The normalized spacial score (nSPS) is 14.7. The van der Waals surface area contributed by atoms with E-state index in [4.69, 9.17) is 23.2 Å². The lowest BCUT2D eigenvalue weighted by molar-refractivity contribution is -0.384. The summed E-state index contributed by atoms with van der Waals surface area (Å²) in [6.07, 6.45) is -0.297. The molecule has 4 rings (SSSR count). The van der Waals surface area contributed by atoms with Gasteiger partial charge in [-0.1, -0.05) is 29.3 Å². The van der Waals surface area contributed by atoms with Crippen LogP contribution in [0.3, 0.4) is 0 Å². The van der Waals surface area contributed by atoms with Gasteiger partial charge in [0.25, 0.3) is 11.2 Å². The summed E-state index contributed by atoms with van der Waals surface area (Å²) in [6.45, 7) is 0. The van der Waals surface area contributed by atoms with Gasteiger partial charge in [0.2, 0.25) is 17.8 Å². The lowest BCUT2D eigenvalue weighted by Crippen LogP contribution is -2.36. The number of rotatable bonds is 5. The summed E-state index contributed by atoms with van der Waals surface area (Å²) in [4.78, 5) is 55.0. The van der Waals surface area contributed by atoms with Crippen LogP contribution in [-0.4, -0.2) is 26.7 Å². The minimum atomic E-state index is -1.16. The number of nitro groups is 1. The molecule has 0 aliphatic carbocycles. The van der Waals surface area contributed by atoms with Crippen LogP contribution in [0.25, 0.3) is 0 Å². The Hall–Kier alpha value is -3.96. The molecule has 1 atom stereocenters. The number of amides is 2. The van der Waals surface area contributed by atoms with E-state index in [1.807, 2.05) is 0 Å². The summed E-state index contributed by atoms with van der Waals surface area (Å²) in [7, 11) is 0. The smallest absolute Gasteiger partial charge is 0.271 e. The highest BCUT2D eigenvalue weighted by molar-refractivity contribution is 6.36. The molecule has 33 heavy (non-hydrogen) atoms. The number of carbonyl (C=O) groups is 2. The molecule has 0 radical (unpaired) electrons. The van der Waals surface area contributed by atoms with Gasteiger partial charge < -0.3 is 16.0 Å². The molecule has 0 spiro atoms. The standard InChI is InChI=1S/C20H14Cl2N6O5/c21-9-4-5-14(13(22)6-9)24-20-26-17-16(19(31)27-20)12(8-15(29)25-17)18(30)23-10-2-1-3-11(7-10)28(32)33/h1-7,12H,8H2,(H,23,30)(H3,24,25,26,27,29,31)/t12-/m1/s1. The molecule has 2 heterocycles. The topological polar surface area (TPSA) is 159 Å². The summed E-state index contributed by atoms with van der Waals surface area (Å²) >= 11 is 12.0. The molecule has 1 aromatic heterocycles. The van der Waals surface area contributed by atoms with Crippen molar-refractivity contribution in [3.8, 4) is 0 Å². The highest BCUT2D eigenvalue weighted by Crippen LogP contribution is 2.32. The van der Waals surface area contributed by atoms with Gasteiger partial charge in [-0.25, -0.2) is 0 Å². The van der Waals surface area contributed by atoms with Crippen molar-refractivity contribution in [2.45, 2.75) is 12.3 Å². The Kier molecular flexibility index (Phi) is 5.99. The van der Waals surface area contributed by atoms with Gasteiger partial charge in [0.15, 0.2) is 0 Å². The second-order valence-electron chi connectivity index (χ2n) is 7.03. The quantitative estimate of drug-likeness (QED) is 0.313. The maximum atomic E-state index is 12.9. The maximum absolute atomic E-state index is 12.9. The summed E-state index contributed by atoms with van der Waals surface area (Å²) in [6, 6.07) is 9.98. The number of benzene rings is 2. The van der Waals surface area contributed by atoms with Crippen LogP contribution < -0.4 is 21.5 Å². The third kappa shape index (κ3) is 4.78. The van der Waals surface area contributed by atoms with Crippen LogP contribution >= 0.6 is 23.2 Å². The van der Waals surface area contributed by atoms with Crippen molar-refractivity contribution in [3.63, 3.8) is 0 Å². The van der Waals surface area contributed by atoms with Gasteiger partial charge in [-0.3, -0.25) is 29.5 Å². The van der Waals surface area contributed by atoms with E-state index in [0.29, 0.717) is 10.7 Å². The van der Waals surface area contributed by atoms with E-state index < -0.39 is 28.2 Å². The van der Waals surface area contributed by atoms with Crippen molar-refractivity contribution in [2.75, 3.05) is 16.0 Å². The second-order valence-corrected chi connectivity index (χ2v) is 7.87. The van der Waals surface area contributed by atoms with E-state index in [0.717, 1.165) is 0 Å². The number of carbonyl (C=O) groups excluding carboxylic acids is 2. The molecule has 0 saturated carbocycles. The molecule has 2 aromatic carbocycles. The molecule has 1 aliphatic heterocycles. The lowest BCUT2D eigenvalue weighted by Gasteiger charge is -2.23. The third-order valence-corrected chi connectivity index (χ3v) is 5.32. The average molecular weight is 489 g/mol. The Balaban J connectivity index is 1.64. The van der Waals surface area contributed by atoms with Crippen LogP contribution in [-0.2, 0) is 9.59 Å². The van der Waals surface area contributed by atoms with Crippen LogP contribution in [0.2, 0.25) is 10.0 Å². The van der Waals surface area contributed by atoms with E-state index in [1.54, 1.807) is 12.1 Å². The van der Waals surface area contributed by atoms with Crippen molar-refractivity contribution in [1.29, 1.82) is 0 Å². The Labute approximate surface area is 195 Å². The molecule has 4 N–H and O–H groups in total. The zero-order valence-corrected chi connectivity index (χ0v) is 18.0. The van der Waals surface area contributed by atoms with Gasteiger partial charge in [-0.2, -0.15) is 4.98 Å². The number of nitrogens with one attached hydrogen (secondary N) is 4. The fraction of sp³-hybridized carbons (Fsp3) is 0.100. The molecule has 0 saturated heterocycles. The Morgan fingerprint density at radius 1 is 1.18 bits per heavy atom. The second kappa shape index (κ2) is 8.88. The van der Waals surface area contributed by atoms with Gasteiger partial charge in [0, 0.05) is 29.3 Å². The zero-order chi connectivity index (χ0) is 23.7. The van der Waals surface area contributed by atoms with Gasteiger partial charge in [-0.15, -0.1) is 0 Å². The molecular formula is C20H14Cl2N6O5. The molecule has 1 aliphatic rings. The van der Waals surface area contributed by atoms with Crippen LogP contribution in [0, 0.1) is 10.1 Å². The lowest BCUT2D eigenvalue weighted by atomic mass is 9.92. The van der Waals surface area contributed by atoms with E-state index >= 15 is 0 Å². The molecular weight excluding hydrogens is 475 g/mol. The van der Waals surface area contributed by atoms with Crippen molar-refractivity contribution >= 4 is 63.8 Å². The molecule has 3 aromatic rings. The molecule has 0 bridgehead atoms. The third-order valence-electron chi connectivity index (χ3n) is 4.78. The first kappa shape index (κ1) is 22.2. The van der Waals surface area contributed by atoms with Crippen LogP contribution in [0.1, 0.15) is 17.9 Å². The minimum absolute atomic E-state index is 0.0111. The van der Waals surface area contributed by atoms with Gasteiger partial charge in [0.1, 0.15) is 5.82 Å². The molecule has 13 heteroatoms. The Bertz CT molecular complexity index is 1360. The molecule has 11 nitrogen and oxygen atoms in total. The highest BCUT2D eigenvalue weighted by Gasteiger charge is 2.35. The van der Waals surface area contributed by atoms with Gasteiger partial charge in [-0.05, 0) is 24.3 Å². The van der Waals surface area contributed by atoms with Crippen molar-refractivity contribution in [3.05, 3.63) is 78.5 Å². The van der Waals surface area contributed by atoms with E-state index in [-0.39, 0.29) is 40.1 Å². The molecule has 168 valence electrons. The summed E-state index contributed by atoms with van der Waals surface area (Å²) < 4.78 is 0. The predicted molar refractivity (Wildman–Crippen MR) is 122 cm³/mol. The number of nitrogens with zero attached hydrogens (tertiary/aromatic N) is 2. The van der Waals surface area contributed by atoms with Gasteiger partial charge in [0.05, 0.1) is 27.1 Å². The average Bonchev–Trinajstić information content (AvgIpc) is 2.75. The minimum Gasteiger partial charge on any atom is -0.325 e. The Morgan fingerprint density at radius 3 is 2.70 bits per heavy atom. The first-order chi connectivity index (χ1) is 15.7. The number of H-pyrrole nitrogens is 1. The molecule has 0 fully saturated rings. The van der Waals surface area contributed by atoms with Crippen LogP contribution in [0.15, 0.2) is 47.3 Å². The van der Waals surface area contributed by atoms with E-state index in [9.17, 15) is 24.5 Å². The van der Waals surface area contributed by atoms with Gasteiger partial charge >= 0.3 is 0 Å². The van der Waals surface area contributed by atoms with E-state index in [2.05, 4.69) is 25.9 Å². The number of hydrogen-bond donors (Lipinski definition) is 4. The fourth-order valence-corrected chi connectivity index (χ4v) is 3.76. The monoisotopic (exact) mass is 488 g/mol. The number of anilines is 4. The summed E-state index contributed by atoms with van der Waals surface area (Å²) in [5.74, 6) is -2.45. The van der Waals surface area contributed by atoms with Crippen molar-refractivity contribution < 1.29 is 14.5 Å². The SMILES string of the molecule is O=C1C[C@@H](C(=O)Nc2cccc([N+](=O)[O-])c2)c2c(nc(Nc3ccc(Cl)cc3Cl)[nH]c2=O)N1.